The van der Waals surface area contributed by atoms with Crippen molar-refractivity contribution in [2.75, 3.05) is 6.54 Å². The van der Waals surface area contributed by atoms with Gasteiger partial charge in [-0.25, -0.2) is 4.98 Å². The summed E-state index contributed by atoms with van der Waals surface area (Å²) in [5, 5.41) is 0. The summed E-state index contributed by atoms with van der Waals surface area (Å²) in [5.74, 6) is 1.02. The van der Waals surface area contributed by atoms with Gasteiger partial charge in [-0.3, -0.25) is 14.8 Å². The minimum Gasteiger partial charge on any atom is -0.342 e. The molecule has 1 atom stereocenters. The van der Waals surface area contributed by atoms with Crippen LogP contribution in [-0.2, 0) is 11.2 Å². The summed E-state index contributed by atoms with van der Waals surface area (Å²) in [4.78, 5) is 31.3. The highest BCUT2D eigenvalue weighted by atomic mass is 16.2. The van der Waals surface area contributed by atoms with Crippen molar-refractivity contribution in [3.8, 4) is 0 Å². The fourth-order valence-corrected chi connectivity index (χ4v) is 3.51. The zero-order valence-electron chi connectivity index (χ0n) is 14.3. The molecule has 1 N–H and O–H groups in total. The Bertz CT molecular complexity index is 870. The molecule has 3 heterocycles. The van der Waals surface area contributed by atoms with Gasteiger partial charge in [0.15, 0.2) is 0 Å². The molecule has 0 saturated carbocycles. The van der Waals surface area contributed by atoms with Crippen LogP contribution in [0.2, 0.25) is 0 Å². The fraction of sp³-hybridized carbons (Fsp3) is 0.368. The van der Waals surface area contributed by atoms with Crippen LogP contribution in [0, 0.1) is 6.92 Å². The molecule has 1 aliphatic heterocycles. The topological polar surface area (TPSA) is 74.8 Å². The molecular formula is C19H21N5O. The molecular weight excluding hydrogens is 314 g/mol. The normalized spacial score (nSPS) is 17.3. The molecule has 0 aliphatic carbocycles. The average molecular weight is 335 g/mol. The van der Waals surface area contributed by atoms with Gasteiger partial charge < -0.3 is 9.88 Å². The number of hydrogen-bond donors (Lipinski definition) is 1. The van der Waals surface area contributed by atoms with Crippen molar-refractivity contribution >= 4 is 16.9 Å². The Kier molecular flexibility index (Phi) is 4.17. The number of aromatic nitrogens is 4. The van der Waals surface area contributed by atoms with E-state index in [1.165, 1.54) is 0 Å². The van der Waals surface area contributed by atoms with Gasteiger partial charge in [-0.2, -0.15) is 0 Å². The summed E-state index contributed by atoms with van der Waals surface area (Å²) in [6, 6.07) is 7.98. The highest BCUT2D eigenvalue weighted by molar-refractivity contribution is 5.78. The van der Waals surface area contributed by atoms with Crippen LogP contribution in [-0.4, -0.2) is 37.3 Å². The molecule has 1 aromatic carbocycles. The van der Waals surface area contributed by atoms with E-state index < -0.39 is 0 Å². The zero-order chi connectivity index (χ0) is 17.2. The lowest BCUT2D eigenvalue weighted by Gasteiger charge is -2.24. The Morgan fingerprint density at radius 2 is 2.16 bits per heavy atom. The molecule has 0 radical (unpaired) electrons. The smallest absolute Gasteiger partial charge is 0.223 e. The van der Waals surface area contributed by atoms with Crippen LogP contribution in [0.3, 0.4) is 0 Å². The quantitative estimate of drug-likeness (QED) is 0.795. The fourth-order valence-electron chi connectivity index (χ4n) is 3.51. The lowest BCUT2D eigenvalue weighted by atomic mass is 10.1. The van der Waals surface area contributed by atoms with Gasteiger partial charge in [0.25, 0.3) is 0 Å². The summed E-state index contributed by atoms with van der Waals surface area (Å²) in [5.41, 5.74) is 3.74. The molecule has 6 heteroatoms. The van der Waals surface area contributed by atoms with Crippen molar-refractivity contribution in [1.82, 2.24) is 24.8 Å². The van der Waals surface area contributed by atoms with E-state index in [0.717, 1.165) is 47.6 Å². The van der Waals surface area contributed by atoms with Crippen LogP contribution in [0.5, 0.6) is 0 Å². The third-order valence-corrected chi connectivity index (χ3v) is 4.70. The maximum Gasteiger partial charge on any atom is 0.223 e. The Balaban J connectivity index is 1.44. The van der Waals surface area contributed by atoms with Crippen LogP contribution in [0.25, 0.3) is 11.0 Å². The van der Waals surface area contributed by atoms with Crippen molar-refractivity contribution in [3.05, 3.63) is 53.9 Å². The number of amides is 1. The Hall–Kier alpha value is -2.76. The maximum atomic E-state index is 12.7. The van der Waals surface area contributed by atoms with Crippen LogP contribution in [0.4, 0.5) is 0 Å². The SMILES string of the molecule is Cc1cncc([C@@H]2CCCN2C(=O)CCc2nc3ccccc3[nH]2)n1. The monoisotopic (exact) mass is 335 g/mol. The summed E-state index contributed by atoms with van der Waals surface area (Å²) in [7, 11) is 0. The number of para-hydroxylation sites is 2. The number of H-pyrrole nitrogens is 1. The number of imidazole rings is 1. The first-order valence-corrected chi connectivity index (χ1v) is 8.72. The summed E-state index contributed by atoms with van der Waals surface area (Å²) >= 11 is 0. The third-order valence-electron chi connectivity index (χ3n) is 4.70. The predicted octanol–water partition coefficient (Wildman–Crippen LogP) is 2.96. The second-order valence-corrected chi connectivity index (χ2v) is 6.53. The van der Waals surface area contributed by atoms with Gasteiger partial charge in [-0.15, -0.1) is 0 Å². The van der Waals surface area contributed by atoms with Gasteiger partial charge in [0.05, 0.1) is 34.7 Å². The number of hydrogen-bond acceptors (Lipinski definition) is 4. The number of nitrogens with zero attached hydrogens (tertiary/aromatic N) is 4. The van der Waals surface area contributed by atoms with E-state index in [9.17, 15) is 4.79 Å². The first kappa shape index (κ1) is 15.7. The minimum absolute atomic E-state index is 0.0515. The molecule has 1 fully saturated rings. The summed E-state index contributed by atoms with van der Waals surface area (Å²) < 4.78 is 0. The average Bonchev–Trinajstić information content (AvgIpc) is 3.26. The molecule has 0 spiro atoms. The van der Waals surface area contributed by atoms with Gasteiger partial charge >= 0.3 is 0 Å². The number of likely N-dealkylation sites (tertiary alicyclic amines) is 1. The third kappa shape index (κ3) is 3.24. The molecule has 3 aromatic rings. The Morgan fingerprint density at radius 3 is 3.00 bits per heavy atom. The van der Waals surface area contributed by atoms with Gasteiger partial charge in [-0.05, 0) is 31.9 Å². The second kappa shape index (κ2) is 6.63. The zero-order valence-corrected chi connectivity index (χ0v) is 14.3. The minimum atomic E-state index is 0.0515. The number of carbonyl (C=O) groups is 1. The summed E-state index contributed by atoms with van der Waals surface area (Å²) in [6.07, 6.45) is 6.56. The van der Waals surface area contributed by atoms with Crippen molar-refractivity contribution in [1.29, 1.82) is 0 Å². The van der Waals surface area contributed by atoms with Crippen molar-refractivity contribution in [3.63, 3.8) is 0 Å². The first-order chi connectivity index (χ1) is 12.2. The predicted molar refractivity (Wildman–Crippen MR) is 94.9 cm³/mol. The van der Waals surface area contributed by atoms with E-state index >= 15 is 0 Å². The van der Waals surface area contributed by atoms with E-state index in [2.05, 4.69) is 19.9 Å². The second-order valence-electron chi connectivity index (χ2n) is 6.53. The Morgan fingerprint density at radius 1 is 1.28 bits per heavy atom. The number of carbonyl (C=O) groups excluding carboxylic acids is 1. The van der Waals surface area contributed by atoms with Gasteiger partial charge in [0, 0.05) is 25.6 Å². The van der Waals surface area contributed by atoms with E-state index in [1.54, 1.807) is 12.4 Å². The molecule has 1 amide bonds. The number of aromatic amines is 1. The highest BCUT2D eigenvalue weighted by Gasteiger charge is 2.30. The van der Waals surface area contributed by atoms with Crippen molar-refractivity contribution in [2.24, 2.45) is 0 Å². The van der Waals surface area contributed by atoms with Crippen LogP contribution in [0.15, 0.2) is 36.7 Å². The number of benzene rings is 1. The molecule has 0 bridgehead atoms. The molecule has 1 aliphatic rings. The standard InChI is InChI=1S/C19H21N5O/c1-13-11-20-12-16(21-13)17-7-4-10-24(17)19(25)9-8-18-22-14-5-2-3-6-15(14)23-18/h2-3,5-6,11-12,17H,4,7-10H2,1H3,(H,22,23)/t17-/m0/s1. The molecule has 0 unspecified atom stereocenters. The summed E-state index contributed by atoms with van der Waals surface area (Å²) in [6.45, 7) is 2.72. The van der Waals surface area contributed by atoms with E-state index in [4.69, 9.17) is 0 Å². The van der Waals surface area contributed by atoms with Crippen molar-refractivity contribution < 1.29 is 4.79 Å². The largest absolute Gasteiger partial charge is 0.342 e. The van der Waals surface area contributed by atoms with Gasteiger partial charge in [0.1, 0.15) is 5.82 Å². The van der Waals surface area contributed by atoms with Crippen LogP contribution < -0.4 is 0 Å². The van der Waals surface area contributed by atoms with E-state index in [1.807, 2.05) is 36.1 Å². The number of aryl methyl sites for hydroxylation is 2. The highest BCUT2D eigenvalue weighted by Crippen LogP contribution is 2.31. The van der Waals surface area contributed by atoms with Gasteiger partial charge in [-0.1, -0.05) is 12.1 Å². The number of fused-ring (bicyclic) bond motifs is 1. The van der Waals surface area contributed by atoms with Crippen LogP contribution >= 0.6 is 0 Å². The van der Waals surface area contributed by atoms with Gasteiger partial charge in [0.2, 0.25) is 5.91 Å². The maximum absolute atomic E-state index is 12.7. The lowest BCUT2D eigenvalue weighted by Crippen LogP contribution is -2.31. The van der Waals surface area contributed by atoms with Crippen molar-refractivity contribution in [2.45, 2.75) is 38.6 Å². The molecule has 25 heavy (non-hydrogen) atoms. The molecule has 4 rings (SSSR count). The lowest BCUT2D eigenvalue weighted by molar-refractivity contribution is -0.132. The van der Waals surface area contributed by atoms with Crippen LogP contribution in [0.1, 0.15) is 42.5 Å². The van der Waals surface area contributed by atoms with E-state index in [-0.39, 0.29) is 11.9 Å². The molecule has 128 valence electrons. The first-order valence-electron chi connectivity index (χ1n) is 8.72. The molecule has 2 aromatic heterocycles. The molecule has 1 saturated heterocycles. The molecule has 6 nitrogen and oxygen atoms in total. The number of rotatable bonds is 4. The van der Waals surface area contributed by atoms with E-state index in [0.29, 0.717) is 12.8 Å². The Labute approximate surface area is 146 Å². The number of nitrogens with one attached hydrogen (secondary N) is 1.